The standard InChI is InChI=1S/C19H22N2OS3/c1-11-2-5-15-16(8-11)25-18(20-15)21-17(22)12-9-13-3-4-14(10-12)19(13)23-6-7-24-19/h2,5,8,12-14H,3-4,6-7,9-10H2,1H3,(H,20,21,22)/t12?,13-,14+. The molecule has 3 aliphatic rings. The highest BCUT2D eigenvalue weighted by molar-refractivity contribution is 8.21. The number of aromatic nitrogens is 1. The molecule has 1 N–H and O–H groups in total. The highest BCUT2D eigenvalue weighted by Gasteiger charge is 2.57. The van der Waals surface area contributed by atoms with Gasteiger partial charge in [-0.25, -0.2) is 4.98 Å². The van der Waals surface area contributed by atoms with Crippen molar-refractivity contribution in [3.63, 3.8) is 0 Å². The van der Waals surface area contributed by atoms with E-state index in [0.717, 1.165) is 40.0 Å². The molecule has 1 saturated heterocycles. The molecule has 1 aromatic heterocycles. The monoisotopic (exact) mass is 390 g/mol. The Morgan fingerprint density at radius 1 is 1.20 bits per heavy atom. The Morgan fingerprint density at radius 2 is 1.92 bits per heavy atom. The number of hydrogen-bond acceptors (Lipinski definition) is 5. The molecule has 2 aliphatic carbocycles. The van der Waals surface area contributed by atoms with E-state index in [0.29, 0.717) is 4.08 Å². The zero-order chi connectivity index (χ0) is 17.0. The summed E-state index contributed by atoms with van der Waals surface area (Å²) in [7, 11) is 0. The molecule has 2 aromatic rings. The number of rotatable bonds is 2. The summed E-state index contributed by atoms with van der Waals surface area (Å²) in [4.78, 5) is 17.5. The van der Waals surface area contributed by atoms with Crippen molar-refractivity contribution in [1.82, 2.24) is 4.98 Å². The third-order valence-corrected chi connectivity index (χ3v) is 11.0. The lowest BCUT2D eigenvalue weighted by Crippen LogP contribution is -2.41. The van der Waals surface area contributed by atoms with Gasteiger partial charge in [0.1, 0.15) is 0 Å². The van der Waals surface area contributed by atoms with Crippen LogP contribution < -0.4 is 5.32 Å². The first kappa shape index (κ1) is 16.5. The summed E-state index contributed by atoms with van der Waals surface area (Å²) in [6.45, 7) is 2.09. The predicted molar refractivity (Wildman–Crippen MR) is 110 cm³/mol. The predicted octanol–water partition coefficient (Wildman–Crippen LogP) is 5.16. The quantitative estimate of drug-likeness (QED) is 0.769. The van der Waals surface area contributed by atoms with Crippen LogP contribution in [-0.4, -0.2) is 26.5 Å². The van der Waals surface area contributed by atoms with Crippen molar-refractivity contribution in [2.75, 3.05) is 16.8 Å². The van der Waals surface area contributed by atoms with Gasteiger partial charge < -0.3 is 5.32 Å². The summed E-state index contributed by atoms with van der Waals surface area (Å²) in [6, 6.07) is 6.25. The fourth-order valence-corrected chi connectivity index (χ4v) is 9.81. The molecule has 3 atom stereocenters. The molecule has 1 unspecified atom stereocenters. The van der Waals surface area contributed by atoms with Crippen LogP contribution in [0.3, 0.4) is 0 Å². The van der Waals surface area contributed by atoms with E-state index >= 15 is 0 Å². The second-order valence-electron chi connectivity index (χ2n) is 7.54. The van der Waals surface area contributed by atoms with Crippen molar-refractivity contribution in [3.05, 3.63) is 23.8 Å². The molecule has 2 heterocycles. The third-order valence-electron chi connectivity index (χ3n) is 6.02. The van der Waals surface area contributed by atoms with Crippen LogP contribution in [0.4, 0.5) is 5.13 Å². The van der Waals surface area contributed by atoms with Gasteiger partial charge in [-0.05, 0) is 62.1 Å². The van der Waals surface area contributed by atoms with Crippen molar-refractivity contribution in [2.45, 2.75) is 36.7 Å². The minimum absolute atomic E-state index is 0.165. The zero-order valence-electron chi connectivity index (χ0n) is 14.3. The van der Waals surface area contributed by atoms with E-state index in [2.05, 4.69) is 52.9 Å². The molecule has 1 aliphatic heterocycles. The van der Waals surface area contributed by atoms with Gasteiger partial charge in [-0.1, -0.05) is 17.4 Å². The number of thioether (sulfide) groups is 2. The van der Waals surface area contributed by atoms with Gasteiger partial charge in [0.25, 0.3) is 0 Å². The van der Waals surface area contributed by atoms with Crippen LogP contribution in [0.2, 0.25) is 0 Å². The molecule has 2 saturated carbocycles. The largest absolute Gasteiger partial charge is 0.302 e. The van der Waals surface area contributed by atoms with Crippen LogP contribution in [0, 0.1) is 24.7 Å². The first-order valence-electron chi connectivity index (χ1n) is 9.10. The topological polar surface area (TPSA) is 42.0 Å². The number of aryl methyl sites for hydroxylation is 1. The molecule has 3 fully saturated rings. The third kappa shape index (κ3) is 2.72. The number of nitrogens with one attached hydrogen (secondary N) is 1. The van der Waals surface area contributed by atoms with Gasteiger partial charge in [-0.3, -0.25) is 4.79 Å². The second kappa shape index (κ2) is 6.17. The summed E-state index contributed by atoms with van der Waals surface area (Å²) in [6.07, 6.45) is 4.75. The lowest BCUT2D eigenvalue weighted by atomic mass is 9.79. The van der Waals surface area contributed by atoms with Crippen molar-refractivity contribution >= 4 is 56.1 Å². The number of nitrogens with zero attached hydrogens (tertiary/aromatic N) is 1. The van der Waals surface area contributed by atoms with Gasteiger partial charge in [-0.2, -0.15) is 0 Å². The van der Waals surface area contributed by atoms with E-state index in [4.69, 9.17) is 0 Å². The maximum atomic E-state index is 12.9. The maximum absolute atomic E-state index is 12.9. The Bertz CT molecular complexity index is 811. The Hall–Kier alpha value is -0.720. The molecule has 1 aromatic carbocycles. The molecule has 1 amide bonds. The molecule has 6 heteroatoms. The average molecular weight is 391 g/mol. The van der Waals surface area contributed by atoms with E-state index in [1.165, 1.54) is 29.9 Å². The number of anilines is 1. The number of thiazole rings is 1. The molecule has 5 rings (SSSR count). The fraction of sp³-hybridized carbons (Fsp3) is 0.579. The van der Waals surface area contributed by atoms with Crippen LogP contribution in [0.5, 0.6) is 0 Å². The molecule has 2 bridgehead atoms. The SMILES string of the molecule is Cc1ccc2nc(NC(=O)C3C[C@H]4CC[C@@H](C3)C43SCCS3)sc2c1. The first-order chi connectivity index (χ1) is 12.1. The van der Waals surface area contributed by atoms with Crippen LogP contribution in [0.15, 0.2) is 18.2 Å². The van der Waals surface area contributed by atoms with Gasteiger partial charge in [0, 0.05) is 17.4 Å². The maximum Gasteiger partial charge on any atom is 0.229 e. The number of carbonyl (C=O) groups excluding carboxylic acids is 1. The van der Waals surface area contributed by atoms with E-state index < -0.39 is 0 Å². The van der Waals surface area contributed by atoms with E-state index in [1.54, 1.807) is 11.3 Å². The smallest absolute Gasteiger partial charge is 0.229 e. The van der Waals surface area contributed by atoms with E-state index in [1.807, 2.05) is 6.07 Å². The first-order valence-corrected chi connectivity index (χ1v) is 11.9. The van der Waals surface area contributed by atoms with Gasteiger partial charge in [-0.15, -0.1) is 23.5 Å². The lowest BCUT2D eigenvalue weighted by molar-refractivity contribution is -0.121. The van der Waals surface area contributed by atoms with Crippen LogP contribution in [0.25, 0.3) is 10.2 Å². The van der Waals surface area contributed by atoms with E-state index in [9.17, 15) is 4.79 Å². The van der Waals surface area contributed by atoms with Gasteiger partial charge in [0.2, 0.25) is 5.91 Å². The summed E-state index contributed by atoms with van der Waals surface area (Å²) in [5.74, 6) is 4.38. The number of hydrogen-bond donors (Lipinski definition) is 1. The summed E-state index contributed by atoms with van der Waals surface area (Å²) < 4.78 is 1.60. The highest BCUT2D eigenvalue weighted by atomic mass is 32.2. The average Bonchev–Trinajstić information content (AvgIpc) is 3.25. The molecule has 25 heavy (non-hydrogen) atoms. The molecule has 0 radical (unpaired) electrons. The Morgan fingerprint density at radius 3 is 2.64 bits per heavy atom. The number of amides is 1. The fourth-order valence-electron chi connectivity index (χ4n) is 4.91. The number of fused-ring (bicyclic) bond motifs is 1. The Labute approximate surface area is 160 Å². The van der Waals surface area contributed by atoms with Gasteiger partial charge >= 0.3 is 0 Å². The molecule has 3 nitrogen and oxygen atoms in total. The summed E-state index contributed by atoms with van der Waals surface area (Å²) >= 11 is 5.96. The second-order valence-corrected chi connectivity index (χ2v) is 11.6. The Kier molecular flexibility index (Phi) is 4.06. The van der Waals surface area contributed by atoms with Crippen molar-refractivity contribution in [3.8, 4) is 0 Å². The molecular weight excluding hydrogens is 368 g/mol. The minimum atomic E-state index is 0.165. The van der Waals surface area contributed by atoms with Crippen LogP contribution >= 0.6 is 34.9 Å². The van der Waals surface area contributed by atoms with Crippen molar-refractivity contribution in [2.24, 2.45) is 17.8 Å². The van der Waals surface area contributed by atoms with Gasteiger partial charge in [0.05, 0.1) is 14.3 Å². The normalized spacial score (nSPS) is 30.2. The van der Waals surface area contributed by atoms with Crippen molar-refractivity contribution < 1.29 is 4.79 Å². The van der Waals surface area contributed by atoms with Gasteiger partial charge in [0.15, 0.2) is 5.13 Å². The van der Waals surface area contributed by atoms with E-state index in [-0.39, 0.29) is 11.8 Å². The van der Waals surface area contributed by atoms with Crippen LogP contribution in [0.1, 0.15) is 31.2 Å². The summed E-state index contributed by atoms with van der Waals surface area (Å²) in [5.41, 5.74) is 2.21. The lowest BCUT2D eigenvalue weighted by Gasteiger charge is -2.42. The summed E-state index contributed by atoms with van der Waals surface area (Å²) in [5, 5.41) is 3.88. The molecule has 132 valence electrons. The highest BCUT2D eigenvalue weighted by Crippen LogP contribution is 2.65. The number of benzene rings is 1. The number of carbonyl (C=O) groups is 1. The Balaban J connectivity index is 1.32. The zero-order valence-corrected chi connectivity index (χ0v) is 16.7. The van der Waals surface area contributed by atoms with Crippen LogP contribution in [-0.2, 0) is 4.79 Å². The van der Waals surface area contributed by atoms with Crippen molar-refractivity contribution in [1.29, 1.82) is 0 Å². The minimum Gasteiger partial charge on any atom is -0.302 e. The molecular formula is C19H22N2OS3. The molecule has 1 spiro atoms.